The molecule has 1 aliphatic rings. The zero-order valence-electron chi connectivity index (χ0n) is 11.4. The van der Waals surface area contributed by atoms with Gasteiger partial charge in [-0.3, -0.25) is 4.68 Å². The zero-order chi connectivity index (χ0) is 13.7. The van der Waals surface area contributed by atoms with Crippen molar-refractivity contribution in [1.82, 2.24) is 29.4 Å². The van der Waals surface area contributed by atoms with Crippen molar-refractivity contribution in [1.29, 1.82) is 0 Å². The molecule has 1 fully saturated rings. The van der Waals surface area contributed by atoms with Crippen molar-refractivity contribution < 1.29 is 0 Å². The molecule has 0 N–H and O–H groups in total. The maximum Gasteiger partial charge on any atom is 0.254 e. The molecular weight excluding hydrogens is 254 g/mol. The van der Waals surface area contributed by atoms with Crippen LogP contribution in [0.15, 0.2) is 24.8 Å². The number of rotatable bonds is 2. The average molecular weight is 269 g/mol. The minimum Gasteiger partial charge on any atom is -0.352 e. The van der Waals surface area contributed by atoms with E-state index in [0.29, 0.717) is 11.8 Å². The predicted molar refractivity (Wildman–Crippen MR) is 73.7 cm³/mol. The summed E-state index contributed by atoms with van der Waals surface area (Å²) >= 11 is 0. The summed E-state index contributed by atoms with van der Waals surface area (Å²) in [6, 6.07) is 2.47. The summed E-state index contributed by atoms with van der Waals surface area (Å²) in [4.78, 5) is 10.8. The quantitative estimate of drug-likeness (QED) is 0.694. The average Bonchev–Trinajstić information content (AvgIpc) is 2.96. The van der Waals surface area contributed by atoms with Crippen molar-refractivity contribution in [2.45, 2.75) is 19.9 Å². The Morgan fingerprint density at radius 1 is 1.20 bits per heavy atom. The molecule has 0 unspecified atom stereocenters. The van der Waals surface area contributed by atoms with Crippen molar-refractivity contribution in [2.24, 2.45) is 0 Å². The van der Waals surface area contributed by atoms with Crippen molar-refractivity contribution in [3.63, 3.8) is 0 Å². The van der Waals surface area contributed by atoms with E-state index in [9.17, 15) is 0 Å². The summed E-state index contributed by atoms with van der Waals surface area (Å²) in [6.07, 6.45) is 5.53. The van der Waals surface area contributed by atoms with Crippen LogP contribution in [0, 0.1) is 13.8 Å². The molecule has 0 bridgehead atoms. The van der Waals surface area contributed by atoms with E-state index < -0.39 is 0 Å². The molecule has 3 aromatic heterocycles. The predicted octanol–water partition coefficient (Wildman–Crippen LogP) is 0.999. The van der Waals surface area contributed by atoms with Crippen LogP contribution in [0.25, 0.3) is 5.78 Å². The number of aryl methyl sites for hydroxylation is 2. The molecule has 7 heteroatoms. The van der Waals surface area contributed by atoms with Gasteiger partial charge >= 0.3 is 0 Å². The van der Waals surface area contributed by atoms with Crippen LogP contribution < -0.4 is 4.90 Å². The molecule has 0 amide bonds. The molecule has 0 spiro atoms. The lowest BCUT2D eigenvalue weighted by atomic mass is 10.1. The molecule has 0 aromatic carbocycles. The van der Waals surface area contributed by atoms with Gasteiger partial charge < -0.3 is 4.90 Å². The van der Waals surface area contributed by atoms with E-state index in [4.69, 9.17) is 0 Å². The highest BCUT2D eigenvalue weighted by Crippen LogP contribution is 2.27. The Labute approximate surface area is 115 Å². The van der Waals surface area contributed by atoms with E-state index in [1.165, 1.54) is 5.56 Å². The largest absolute Gasteiger partial charge is 0.352 e. The van der Waals surface area contributed by atoms with Crippen molar-refractivity contribution >= 4 is 11.6 Å². The van der Waals surface area contributed by atoms with Gasteiger partial charge in [-0.1, -0.05) is 0 Å². The van der Waals surface area contributed by atoms with Crippen molar-refractivity contribution in [3.05, 3.63) is 36.0 Å². The van der Waals surface area contributed by atoms with Crippen molar-refractivity contribution in [3.8, 4) is 0 Å². The monoisotopic (exact) mass is 269 g/mol. The van der Waals surface area contributed by atoms with E-state index in [1.54, 1.807) is 10.8 Å². The first-order valence-corrected chi connectivity index (χ1v) is 6.64. The lowest BCUT2D eigenvalue weighted by Crippen LogP contribution is -2.48. The maximum absolute atomic E-state index is 4.38. The Morgan fingerprint density at radius 2 is 2.05 bits per heavy atom. The van der Waals surface area contributed by atoms with Gasteiger partial charge in [0.1, 0.15) is 12.1 Å². The molecule has 20 heavy (non-hydrogen) atoms. The second-order valence-corrected chi connectivity index (χ2v) is 5.28. The highest BCUT2D eigenvalue weighted by atomic mass is 15.4. The van der Waals surface area contributed by atoms with Gasteiger partial charge in [-0.2, -0.15) is 19.7 Å². The Bertz CT molecular complexity index is 766. The minimum absolute atomic E-state index is 0.427. The summed E-state index contributed by atoms with van der Waals surface area (Å²) in [5.41, 5.74) is 2.15. The van der Waals surface area contributed by atoms with Gasteiger partial charge in [0, 0.05) is 31.0 Å². The van der Waals surface area contributed by atoms with Gasteiger partial charge in [-0.25, -0.2) is 4.98 Å². The number of anilines is 1. The topological polar surface area (TPSA) is 64.1 Å². The zero-order valence-corrected chi connectivity index (χ0v) is 11.4. The molecule has 1 saturated heterocycles. The van der Waals surface area contributed by atoms with Crippen molar-refractivity contribution in [2.75, 3.05) is 18.0 Å². The third kappa shape index (κ3) is 1.66. The van der Waals surface area contributed by atoms with E-state index >= 15 is 0 Å². The summed E-state index contributed by atoms with van der Waals surface area (Å²) in [5, 5.41) is 8.62. The number of hydrogen-bond acceptors (Lipinski definition) is 5. The van der Waals surface area contributed by atoms with E-state index in [2.05, 4.69) is 38.2 Å². The second kappa shape index (κ2) is 4.03. The van der Waals surface area contributed by atoms with Crippen LogP contribution in [0.3, 0.4) is 0 Å². The first kappa shape index (κ1) is 11.4. The van der Waals surface area contributed by atoms with Gasteiger partial charge in [0.25, 0.3) is 5.78 Å². The second-order valence-electron chi connectivity index (χ2n) is 5.28. The molecule has 0 radical (unpaired) electrons. The lowest BCUT2D eigenvalue weighted by Gasteiger charge is -2.40. The highest BCUT2D eigenvalue weighted by molar-refractivity contribution is 5.49. The first-order valence-electron chi connectivity index (χ1n) is 6.64. The van der Waals surface area contributed by atoms with E-state index in [0.717, 1.165) is 24.6 Å². The molecule has 0 saturated carbocycles. The van der Waals surface area contributed by atoms with Crippen LogP contribution in [-0.4, -0.2) is 42.5 Å². The molecule has 4 heterocycles. The van der Waals surface area contributed by atoms with Crippen LogP contribution in [-0.2, 0) is 0 Å². The number of aromatic nitrogens is 6. The molecule has 4 rings (SSSR count). The highest BCUT2D eigenvalue weighted by Gasteiger charge is 2.30. The number of fused-ring (bicyclic) bond motifs is 1. The molecule has 1 aliphatic heterocycles. The van der Waals surface area contributed by atoms with Crippen LogP contribution in [0.5, 0.6) is 0 Å². The third-order valence-electron chi connectivity index (χ3n) is 3.65. The third-order valence-corrected chi connectivity index (χ3v) is 3.65. The fraction of sp³-hybridized carbons (Fsp3) is 0.385. The molecule has 0 atom stereocenters. The van der Waals surface area contributed by atoms with Crippen LogP contribution >= 0.6 is 0 Å². The summed E-state index contributed by atoms with van der Waals surface area (Å²) < 4.78 is 3.83. The SMILES string of the molecule is Cc1cnn(C2CN(c3cc(C)nc4ncnn34)C2)c1. The smallest absolute Gasteiger partial charge is 0.254 e. The molecule has 0 aliphatic carbocycles. The van der Waals surface area contributed by atoms with Crippen LogP contribution in [0.1, 0.15) is 17.3 Å². The molecule has 3 aromatic rings. The molecular formula is C13H15N7. The summed E-state index contributed by atoms with van der Waals surface area (Å²) in [6.45, 7) is 5.90. The lowest BCUT2D eigenvalue weighted by molar-refractivity contribution is 0.364. The van der Waals surface area contributed by atoms with Gasteiger partial charge in [-0.15, -0.1) is 0 Å². The minimum atomic E-state index is 0.427. The fourth-order valence-corrected chi connectivity index (χ4v) is 2.58. The van der Waals surface area contributed by atoms with Gasteiger partial charge in [0.05, 0.1) is 12.2 Å². The maximum atomic E-state index is 4.38. The van der Waals surface area contributed by atoms with E-state index in [1.807, 2.05) is 23.9 Å². The summed E-state index contributed by atoms with van der Waals surface area (Å²) in [7, 11) is 0. The number of nitrogens with zero attached hydrogens (tertiary/aromatic N) is 7. The fourth-order valence-electron chi connectivity index (χ4n) is 2.58. The Balaban J connectivity index is 1.61. The van der Waals surface area contributed by atoms with Gasteiger partial charge in [0.15, 0.2) is 0 Å². The Kier molecular flexibility index (Phi) is 2.29. The standard InChI is InChI=1S/C13H15N7/c1-9-4-15-19(5-9)11-6-18(7-11)12-3-10(2)17-13-14-8-16-20(12)13/h3-5,8,11H,6-7H2,1-2H3. The van der Waals surface area contributed by atoms with Crippen LogP contribution in [0.2, 0.25) is 0 Å². The van der Waals surface area contributed by atoms with Gasteiger partial charge in [0.2, 0.25) is 0 Å². The van der Waals surface area contributed by atoms with Crippen LogP contribution in [0.4, 0.5) is 5.82 Å². The number of hydrogen-bond donors (Lipinski definition) is 0. The molecule has 7 nitrogen and oxygen atoms in total. The van der Waals surface area contributed by atoms with E-state index in [-0.39, 0.29) is 0 Å². The Hall–Kier alpha value is -2.44. The molecule has 102 valence electrons. The van der Waals surface area contributed by atoms with Gasteiger partial charge in [-0.05, 0) is 19.4 Å². The Morgan fingerprint density at radius 3 is 2.80 bits per heavy atom. The summed E-state index contributed by atoms with van der Waals surface area (Å²) in [5.74, 6) is 1.70. The first-order chi connectivity index (χ1) is 9.70. The normalized spacial score (nSPS) is 15.8.